The molecule has 0 aromatic heterocycles. The van der Waals surface area contributed by atoms with Crippen molar-refractivity contribution in [3.63, 3.8) is 0 Å². The Hall–Kier alpha value is -1.83. The Labute approximate surface area is 123 Å². The van der Waals surface area contributed by atoms with Gasteiger partial charge < -0.3 is 14.8 Å². The van der Waals surface area contributed by atoms with E-state index in [-0.39, 0.29) is 13.1 Å². The Morgan fingerprint density at radius 2 is 2.40 bits per heavy atom. The van der Waals surface area contributed by atoms with Crippen LogP contribution in [0.3, 0.4) is 0 Å². The number of alkyl carbamates (subject to hydrolysis) is 1. The highest BCUT2D eigenvalue weighted by atomic mass is 79.9. The lowest BCUT2D eigenvalue weighted by molar-refractivity contribution is 0.132. The van der Waals surface area contributed by atoms with Crippen LogP contribution in [0.1, 0.15) is 0 Å². The molecule has 0 unspecified atom stereocenters. The molecule has 1 N–H and O–H groups in total. The molecule has 1 atom stereocenters. The average molecular weight is 347 g/mol. The van der Waals surface area contributed by atoms with Crippen LogP contribution >= 0.6 is 15.9 Å². The summed E-state index contributed by atoms with van der Waals surface area (Å²) in [5, 5.41) is 2.44. The third kappa shape index (κ3) is 3.19. The van der Waals surface area contributed by atoms with Gasteiger partial charge >= 0.3 is 12.2 Å². The minimum Gasteiger partial charge on any atom is -0.453 e. The summed E-state index contributed by atoms with van der Waals surface area (Å²) in [7, 11) is 1.24. The Bertz CT molecular complexity index is 540. The molecule has 1 aliphatic rings. The van der Waals surface area contributed by atoms with Gasteiger partial charge in [-0.3, -0.25) is 4.90 Å². The van der Waals surface area contributed by atoms with Gasteiger partial charge in [-0.1, -0.05) is 0 Å². The van der Waals surface area contributed by atoms with Crippen molar-refractivity contribution in [3.8, 4) is 0 Å². The number of halogens is 2. The van der Waals surface area contributed by atoms with Gasteiger partial charge in [-0.25, -0.2) is 14.0 Å². The third-order valence-corrected chi connectivity index (χ3v) is 3.39. The largest absolute Gasteiger partial charge is 0.453 e. The summed E-state index contributed by atoms with van der Waals surface area (Å²) in [4.78, 5) is 24.0. The van der Waals surface area contributed by atoms with Gasteiger partial charge in [0.05, 0.1) is 30.4 Å². The molecule has 1 heterocycles. The third-order valence-electron chi connectivity index (χ3n) is 2.75. The van der Waals surface area contributed by atoms with Gasteiger partial charge in [-0.2, -0.15) is 0 Å². The van der Waals surface area contributed by atoms with Crippen molar-refractivity contribution in [2.24, 2.45) is 0 Å². The summed E-state index contributed by atoms with van der Waals surface area (Å²) < 4.78 is 23.3. The molecule has 0 saturated carbocycles. The monoisotopic (exact) mass is 346 g/mol. The first-order valence-electron chi connectivity index (χ1n) is 5.76. The van der Waals surface area contributed by atoms with Gasteiger partial charge in [0.1, 0.15) is 11.9 Å². The van der Waals surface area contributed by atoms with E-state index in [0.717, 1.165) is 0 Å². The molecule has 20 heavy (non-hydrogen) atoms. The zero-order valence-electron chi connectivity index (χ0n) is 10.6. The molecule has 1 aromatic carbocycles. The number of carbonyl (C=O) groups excluding carboxylic acids is 2. The Morgan fingerprint density at radius 3 is 3.05 bits per heavy atom. The predicted molar refractivity (Wildman–Crippen MR) is 72.1 cm³/mol. The fourth-order valence-electron chi connectivity index (χ4n) is 1.76. The van der Waals surface area contributed by atoms with E-state index in [1.165, 1.54) is 24.1 Å². The molecule has 8 heteroatoms. The number of benzene rings is 1. The summed E-state index contributed by atoms with van der Waals surface area (Å²) >= 11 is 3.04. The lowest BCUT2D eigenvalue weighted by Gasteiger charge is -2.13. The fourth-order valence-corrected chi connectivity index (χ4v) is 2.01. The van der Waals surface area contributed by atoms with Crippen LogP contribution in [-0.4, -0.2) is 38.5 Å². The van der Waals surface area contributed by atoms with E-state index < -0.39 is 24.1 Å². The molecule has 1 aliphatic heterocycles. The predicted octanol–water partition coefficient (Wildman–Crippen LogP) is 2.27. The molecule has 0 radical (unpaired) electrons. The van der Waals surface area contributed by atoms with Crippen molar-refractivity contribution in [2.45, 2.75) is 6.10 Å². The van der Waals surface area contributed by atoms with Crippen LogP contribution < -0.4 is 10.2 Å². The van der Waals surface area contributed by atoms with Crippen molar-refractivity contribution < 1.29 is 23.5 Å². The number of cyclic esters (lactones) is 1. The number of rotatable bonds is 3. The zero-order valence-corrected chi connectivity index (χ0v) is 12.1. The smallest absolute Gasteiger partial charge is 0.414 e. The maximum Gasteiger partial charge on any atom is 0.414 e. The molecule has 0 aliphatic carbocycles. The van der Waals surface area contributed by atoms with Crippen LogP contribution in [-0.2, 0) is 9.47 Å². The normalized spacial score (nSPS) is 17.9. The number of methoxy groups -OCH3 is 1. The van der Waals surface area contributed by atoms with E-state index >= 15 is 0 Å². The second-order valence-electron chi connectivity index (χ2n) is 4.09. The maximum absolute atomic E-state index is 13.5. The van der Waals surface area contributed by atoms with Crippen molar-refractivity contribution >= 4 is 33.8 Å². The number of anilines is 1. The number of nitrogens with one attached hydrogen (secondary N) is 1. The molecule has 1 saturated heterocycles. The van der Waals surface area contributed by atoms with Crippen LogP contribution in [0.5, 0.6) is 0 Å². The minimum absolute atomic E-state index is 0.133. The van der Waals surface area contributed by atoms with E-state index in [1.807, 2.05) is 0 Å². The molecular formula is C12H12BrFN2O4. The second kappa shape index (κ2) is 6.08. The Kier molecular flexibility index (Phi) is 4.43. The van der Waals surface area contributed by atoms with E-state index in [1.54, 1.807) is 6.07 Å². The molecule has 0 spiro atoms. The number of carbonyl (C=O) groups is 2. The highest BCUT2D eigenvalue weighted by Gasteiger charge is 2.32. The first-order valence-corrected chi connectivity index (χ1v) is 6.55. The molecule has 6 nitrogen and oxygen atoms in total. The summed E-state index contributed by atoms with van der Waals surface area (Å²) in [6, 6.07) is 4.35. The zero-order chi connectivity index (χ0) is 14.7. The molecule has 0 bridgehead atoms. The van der Waals surface area contributed by atoms with E-state index in [0.29, 0.717) is 10.2 Å². The molecule has 1 aromatic rings. The molecule has 1 fully saturated rings. The molecular weight excluding hydrogens is 335 g/mol. The van der Waals surface area contributed by atoms with Gasteiger partial charge in [0.25, 0.3) is 0 Å². The Balaban J connectivity index is 2.01. The SMILES string of the molecule is COC(=O)NC[C@H]1CN(c2ccc(Br)c(F)c2)C(=O)O1. The van der Waals surface area contributed by atoms with Gasteiger partial charge in [0, 0.05) is 0 Å². The van der Waals surface area contributed by atoms with Crippen LogP contribution in [0.4, 0.5) is 19.7 Å². The van der Waals surface area contributed by atoms with Gasteiger partial charge in [0.15, 0.2) is 0 Å². The topological polar surface area (TPSA) is 67.9 Å². The van der Waals surface area contributed by atoms with Gasteiger partial charge in [-0.15, -0.1) is 0 Å². The number of hydrogen-bond acceptors (Lipinski definition) is 4. The summed E-state index contributed by atoms with van der Waals surface area (Å²) in [5.41, 5.74) is 0.399. The van der Waals surface area contributed by atoms with Gasteiger partial charge in [0.2, 0.25) is 0 Å². The molecule has 2 rings (SSSR count). The number of hydrogen-bond donors (Lipinski definition) is 1. The highest BCUT2D eigenvalue weighted by molar-refractivity contribution is 9.10. The second-order valence-corrected chi connectivity index (χ2v) is 4.94. The van der Waals surface area contributed by atoms with E-state index in [2.05, 4.69) is 26.0 Å². The van der Waals surface area contributed by atoms with E-state index in [9.17, 15) is 14.0 Å². The van der Waals surface area contributed by atoms with Crippen LogP contribution in [0.2, 0.25) is 0 Å². The standard InChI is InChI=1S/C12H12BrFN2O4/c1-19-11(17)15-5-8-6-16(12(18)20-8)7-2-3-9(13)10(14)4-7/h2-4,8H,5-6H2,1H3,(H,15,17)/t8-/m0/s1. The molecule has 2 amide bonds. The Morgan fingerprint density at radius 1 is 1.65 bits per heavy atom. The van der Waals surface area contributed by atoms with Crippen LogP contribution in [0.15, 0.2) is 22.7 Å². The average Bonchev–Trinajstić information content (AvgIpc) is 2.80. The number of amides is 2. The summed E-state index contributed by atoms with van der Waals surface area (Å²) in [5.74, 6) is -0.466. The highest BCUT2D eigenvalue weighted by Crippen LogP contribution is 2.25. The number of ether oxygens (including phenoxy) is 2. The van der Waals surface area contributed by atoms with Gasteiger partial charge in [-0.05, 0) is 34.1 Å². The fraction of sp³-hybridized carbons (Fsp3) is 0.333. The van der Waals surface area contributed by atoms with Crippen molar-refractivity contribution in [1.82, 2.24) is 5.32 Å². The quantitative estimate of drug-likeness (QED) is 0.911. The summed E-state index contributed by atoms with van der Waals surface area (Å²) in [6.45, 7) is 0.359. The first-order chi connectivity index (χ1) is 9.51. The first kappa shape index (κ1) is 14.6. The van der Waals surface area contributed by atoms with Crippen LogP contribution in [0, 0.1) is 5.82 Å². The minimum atomic E-state index is -0.603. The summed E-state index contributed by atoms with van der Waals surface area (Å²) in [6.07, 6.45) is -1.69. The maximum atomic E-state index is 13.5. The number of nitrogens with zero attached hydrogens (tertiary/aromatic N) is 1. The van der Waals surface area contributed by atoms with E-state index in [4.69, 9.17) is 4.74 Å². The lowest BCUT2D eigenvalue weighted by atomic mass is 10.2. The van der Waals surface area contributed by atoms with Crippen molar-refractivity contribution in [3.05, 3.63) is 28.5 Å². The van der Waals surface area contributed by atoms with Crippen LogP contribution in [0.25, 0.3) is 0 Å². The molecule has 108 valence electrons. The van der Waals surface area contributed by atoms with Crippen molar-refractivity contribution in [1.29, 1.82) is 0 Å². The van der Waals surface area contributed by atoms with Crippen molar-refractivity contribution in [2.75, 3.05) is 25.1 Å². The lowest BCUT2D eigenvalue weighted by Crippen LogP contribution is -2.34.